The second-order valence-corrected chi connectivity index (χ2v) is 7.52. The molecule has 2 aliphatic heterocycles. The zero-order valence-corrected chi connectivity index (χ0v) is 12.2. The Bertz CT molecular complexity index is 585. The summed E-state index contributed by atoms with van der Waals surface area (Å²) in [4.78, 5) is 0.454. The zero-order valence-electron chi connectivity index (χ0n) is 11.3. The van der Waals surface area contributed by atoms with E-state index >= 15 is 0 Å². The van der Waals surface area contributed by atoms with Gasteiger partial charge in [0.05, 0.1) is 4.90 Å². The Labute approximate surface area is 114 Å². The van der Waals surface area contributed by atoms with Crippen LogP contribution in [0.15, 0.2) is 29.2 Å². The van der Waals surface area contributed by atoms with Crippen molar-refractivity contribution >= 4 is 10.0 Å². The first-order valence-electron chi connectivity index (χ1n) is 6.80. The number of aryl methyl sites for hydroxylation is 1. The van der Waals surface area contributed by atoms with Gasteiger partial charge in [-0.25, -0.2) is 8.42 Å². The molecular formula is C14H20N2O2S. The van der Waals surface area contributed by atoms with Crippen molar-refractivity contribution in [1.82, 2.24) is 9.62 Å². The number of fused-ring (bicyclic) bond motifs is 1. The van der Waals surface area contributed by atoms with E-state index in [4.69, 9.17) is 0 Å². The predicted molar refractivity (Wildman–Crippen MR) is 74.4 cm³/mol. The molecule has 1 aromatic carbocycles. The lowest BCUT2D eigenvalue weighted by Crippen LogP contribution is -2.38. The number of nitrogens with one attached hydrogen (secondary N) is 1. The SMILES string of the molecule is Cc1ccccc1S(=O)(=O)N1CC2CNCC2C1C. The normalized spacial score (nSPS) is 31.6. The zero-order chi connectivity index (χ0) is 13.6. The van der Waals surface area contributed by atoms with Gasteiger partial charge in [0.15, 0.2) is 0 Å². The van der Waals surface area contributed by atoms with Gasteiger partial charge in [-0.05, 0) is 50.4 Å². The minimum absolute atomic E-state index is 0.0876. The van der Waals surface area contributed by atoms with Crippen LogP contribution < -0.4 is 5.32 Å². The molecule has 0 amide bonds. The molecule has 2 saturated heterocycles. The van der Waals surface area contributed by atoms with E-state index in [0.29, 0.717) is 23.3 Å². The molecule has 0 saturated carbocycles. The molecule has 3 atom stereocenters. The molecule has 0 aliphatic carbocycles. The first-order valence-corrected chi connectivity index (χ1v) is 8.24. The summed E-state index contributed by atoms with van der Waals surface area (Å²) in [6.07, 6.45) is 0. The maximum Gasteiger partial charge on any atom is 0.243 e. The number of sulfonamides is 1. The molecule has 0 spiro atoms. The van der Waals surface area contributed by atoms with E-state index in [9.17, 15) is 8.42 Å². The molecule has 3 rings (SSSR count). The molecule has 2 heterocycles. The van der Waals surface area contributed by atoms with Crippen LogP contribution in [0.3, 0.4) is 0 Å². The van der Waals surface area contributed by atoms with E-state index in [1.807, 2.05) is 26.0 Å². The topological polar surface area (TPSA) is 49.4 Å². The first-order chi connectivity index (χ1) is 9.01. The van der Waals surface area contributed by atoms with Gasteiger partial charge in [0, 0.05) is 12.6 Å². The van der Waals surface area contributed by atoms with Crippen LogP contribution in [0, 0.1) is 18.8 Å². The monoisotopic (exact) mass is 280 g/mol. The summed E-state index contributed by atoms with van der Waals surface area (Å²) in [5.74, 6) is 0.924. The van der Waals surface area contributed by atoms with Crippen molar-refractivity contribution in [3.05, 3.63) is 29.8 Å². The average Bonchev–Trinajstić information content (AvgIpc) is 2.93. The molecule has 3 unspecified atom stereocenters. The second-order valence-electron chi connectivity index (χ2n) is 5.66. The Kier molecular flexibility index (Phi) is 3.15. The Balaban J connectivity index is 1.96. The van der Waals surface area contributed by atoms with Crippen LogP contribution >= 0.6 is 0 Å². The van der Waals surface area contributed by atoms with E-state index in [2.05, 4.69) is 5.32 Å². The number of rotatable bonds is 2. The summed E-state index contributed by atoms with van der Waals surface area (Å²) in [5.41, 5.74) is 0.824. The van der Waals surface area contributed by atoms with Crippen LogP contribution in [-0.2, 0) is 10.0 Å². The fourth-order valence-electron chi connectivity index (χ4n) is 3.42. The quantitative estimate of drug-likeness (QED) is 0.886. The maximum atomic E-state index is 12.8. The smallest absolute Gasteiger partial charge is 0.243 e. The molecule has 2 fully saturated rings. The fraction of sp³-hybridized carbons (Fsp3) is 0.571. The molecule has 0 bridgehead atoms. The molecule has 0 aromatic heterocycles. The highest BCUT2D eigenvalue weighted by molar-refractivity contribution is 7.89. The second kappa shape index (κ2) is 4.58. The highest BCUT2D eigenvalue weighted by Gasteiger charge is 2.46. The molecule has 0 radical (unpaired) electrons. The number of nitrogens with zero attached hydrogens (tertiary/aromatic N) is 1. The van der Waals surface area contributed by atoms with E-state index in [0.717, 1.165) is 18.7 Å². The van der Waals surface area contributed by atoms with Crippen LogP contribution in [0.2, 0.25) is 0 Å². The van der Waals surface area contributed by atoms with E-state index in [1.54, 1.807) is 16.4 Å². The Hall–Kier alpha value is -0.910. The largest absolute Gasteiger partial charge is 0.316 e. The first kappa shape index (κ1) is 13.1. The highest BCUT2D eigenvalue weighted by atomic mass is 32.2. The lowest BCUT2D eigenvalue weighted by Gasteiger charge is -2.24. The summed E-state index contributed by atoms with van der Waals surface area (Å²) in [5, 5.41) is 3.36. The summed E-state index contributed by atoms with van der Waals surface area (Å²) < 4.78 is 27.3. The highest BCUT2D eigenvalue weighted by Crippen LogP contribution is 2.36. The van der Waals surface area contributed by atoms with Gasteiger partial charge in [-0.15, -0.1) is 0 Å². The minimum Gasteiger partial charge on any atom is -0.316 e. The molecule has 5 heteroatoms. The third kappa shape index (κ3) is 2.00. The van der Waals surface area contributed by atoms with Gasteiger partial charge in [-0.1, -0.05) is 18.2 Å². The van der Waals surface area contributed by atoms with Gasteiger partial charge in [0.2, 0.25) is 10.0 Å². The standard InChI is InChI=1S/C14H20N2O2S/c1-10-5-3-4-6-14(10)19(17,18)16-9-12-7-15-8-13(12)11(16)2/h3-6,11-13,15H,7-9H2,1-2H3. The van der Waals surface area contributed by atoms with E-state index in [1.165, 1.54) is 0 Å². The van der Waals surface area contributed by atoms with Crippen molar-refractivity contribution in [1.29, 1.82) is 0 Å². The Morgan fingerprint density at radius 3 is 2.68 bits per heavy atom. The van der Waals surface area contributed by atoms with Gasteiger partial charge in [0.25, 0.3) is 0 Å². The van der Waals surface area contributed by atoms with Crippen LogP contribution in [0.5, 0.6) is 0 Å². The number of benzene rings is 1. The van der Waals surface area contributed by atoms with Gasteiger partial charge < -0.3 is 5.32 Å². The Morgan fingerprint density at radius 2 is 2.00 bits per heavy atom. The molecule has 1 N–H and O–H groups in total. The van der Waals surface area contributed by atoms with Crippen molar-refractivity contribution in [2.45, 2.75) is 24.8 Å². The van der Waals surface area contributed by atoms with Crippen LogP contribution in [0.4, 0.5) is 0 Å². The molecule has 104 valence electrons. The lowest BCUT2D eigenvalue weighted by atomic mass is 9.95. The molecule has 4 nitrogen and oxygen atoms in total. The predicted octanol–water partition coefficient (Wildman–Crippen LogP) is 1.22. The van der Waals surface area contributed by atoms with Crippen LogP contribution in [0.1, 0.15) is 12.5 Å². The Morgan fingerprint density at radius 1 is 1.26 bits per heavy atom. The maximum absolute atomic E-state index is 12.8. The average molecular weight is 280 g/mol. The molecule has 2 aliphatic rings. The van der Waals surface area contributed by atoms with Crippen LogP contribution in [-0.4, -0.2) is 38.4 Å². The van der Waals surface area contributed by atoms with E-state index in [-0.39, 0.29) is 6.04 Å². The summed E-state index contributed by atoms with van der Waals surface area (Å²) in [7, 11) is -3.36. The summed E-state index contributed by atoms with van der Waals surface area (Å²) in [6.45, 7) is 6.42. The van der Waals surface area contributed by atoms with Crippen molar-refractivity contribution in [3.63, 3.8) is 0 Å². The van der Waals surface area contributed by atoms with Crippen molar-refractivity contribution in [2.24, 2.45) is 11.8 Å². The summed E-state index contributed by atoms with van der Waals surface area (Å²) in [6, 6.07) is 7.33. The summed E-state index contributed by atoms with van der Waals surface area (Å²) >= 11 is 0. The molecule has 1 aromatic rings. The van der Waals surface area contributed by atoms with E-state index < -0.39 is 10.0 Å². The number of hydrogen-bond acceptors (Lipinski definition) is 3. The van der Waals surface area contributed by atoms with Gasteiger partial charge in [0.1, 0.15) is 0 Å². The molecular weight excluding hydrogens is 260 g/mol. The lowest BCUT2D eigenvalue weighted by molar-refractivity contribution is 0.360. The fourth-order valence-corrected chi connectivity index (χ4v) is 5.38. The van der Waals surface area contributed by atoms with Crippen molar-refractivity contribution in [2.75, 3.05) is 19.6 Å². The third-order valence-electron chi connectivity index (χ3n) is 4.56. The third-order valence-corrected chi connectivity index (χ3v) is 6.67. The van der Waals surface area contributed by atoms with Crippen LogP contribution in [0.25, 0.3) is 0 Å². The van der Waals surface area contributed by atoms with Gasteiger partial charge in [-0.3, -0.25) is 0 Å². The molecule has 19 heavy (non-hydrogen) atoms. The van der Waals surface area contributed by atoms with Gasteiger partial charge >= 0.3 is 0 Å². The minimum atomic E-state index is -3.36. The van der Waals surface area contributed by atoms with Crippen molar-refractivity contribution < 1.29 is 8.42 Å². The van der Waals surface area contributed by atoms with Gasteiger partial charge in [-0.2, -0.15) is 4.31 Å². The number of hydrogen-bond donors (Lipinski definition) is 1. The van der Waals surface area contributed by atoms with Crippen molar-refractivity contribution in [3.8, 4) is 0 Å².